The summed E-state index contributed by atoms with van der Waals surface area (Å²) in [6.07, 6.45) is 0.956. The monoisotopic (exact) mass is 318 g/mol. The zero-order valence-corrected chi connectivity index (χ0v) is 14.1. The van der Waals surface area contributed by atoms with Crippen molar-refractivity contribution < 1.29 is 9.47 Å². The normalized spacial score (nSPS) is 14.5. The maximum atomic E-state index is 5.43. The Morgan fingerprint density at radius 2 is 2.05 bits per heavy atom. The fourth-order valence-electron chi connectivity index (χ4n) is 2.42. The van der Waals surface area contributed by atoms with Gasteiger partial charge in [0.2, 0.25) is 6.79 Å². The summed E-state index contributed by atoms with van der Waals surface area (Å²) >= 11 is 1.76. The summed E-state index contributed by atoms with van der Waals surface area (Å²) in [7, 11) is 0. The van der Waals surface area contributed by atoms with Crippen LogP contribution in [0.4, 0.5) is 0 Å². The van der Waals surface area contributed by atoms with Crippen molar-refractivity contribution in [3.8, 4) is 11.5 Å². The van der Waals surface area contributed by atoms with Gasteiger partial charge in [0.1, 0.15) is 0 Å². The predicted molar refractivity (Wildman–Crippen MR) is 88.9 cm³/mol. The first-order valence-corrected chi connectivity index (χ1v) is 8.58. The lowest BCUT2D eigenvalue weighted by Gasteiger charge is -2.14. The van der Waals surface area contributed by atoms with Crippen LogP contribution in [0.1, 0.15) is 49.0 Å². The average Bonchev–Trinajstić information content (AvgIpc) is 3.15. The van der Waals surface area contributed by atoms with Gasteiger partial charge in [-0.2, -0.15) is 0 Å². The van der Waals surface area contributed by atoms with E-state index in [-0.39, 0.29) is 6.04 Å². The van der Waals surface area contributed by atoms with Crippen molar-refractivity contribution in [2.45, 2.75) is 39.2 Å². The lowest BCUT2D eigenvalue weighted by Crippen LogP contribution is -2.21. The third-order valence-electron chi connectivity index (χ3n) is 3.79. The Hall–Kier alpha value is -1.59. The Bertz CT molecular complexity index is 639. The van der Waals surface area contributed by atoms with Crippen LogP contribution < -0.4 is 14.8 Å². The van der Waals surface area contributed by atoms with Crippen molar-refractivity contribution in [3.05, 3.63) is 39.8 Å². The van der Waals surface area contributed by atoms with Crippen molar-refractivity contribution in [2.75, 3.05) is 13.3 Å². The van der Waals surface area contributed by atoms with E-state index < -0.39 is 0 Å². The van der Waals surface area contributed by atoms with Crippen LogP contribution in [0, 0.1) is 0 Å². The van der Waals surface area contributed by atoms with E-state index in [9.17, 15) is 0 Å². The molecule has 3 rings (SSSR count). The quantitative estimate of drug-likeness (QED) is 0.877. The molecule has 1 N–H and O–H groups in total. The lowest BCUT2D eigenvalue weighted by atomic mass is 10.1. The van der Waals surface area contributed by atoms with Crippen molar-refractivity contribution in [2.24, 2.45) is 0 Å². The molecule has 0 fully saturated rings. The van der Waals surface area contributed by atoms with Crippen molar-refractivity contribution >= 4 is 11.3 Å². The molecular weight excluding hydrogens is 296 g/mol. The number of thiazole rings is 1. The van der Waals surface area contributed by atoms with Crippen LogP contribution in [-0.2, 0) is 6.42 Å². The van der Waals surface area contributed by atoms with Gasteiger partial charge >= 0.3 is 0 Å². The number of nitrogens with zero attached hydrogens (tertiary/aromatic N) is 1. The summed E-state index contributed by atoms with van der Waals surface area (Å²) in [5.41, 5.74) is 2.39. The third kappa shape index (κ3) is 3.42. The first-order valence-electron chi connectivity index (χ1n) is 7.70. The molecule has 1 atom stereocenters. The fourth-order valence-corrected chi connectivity index (χ4v) is 3.29. The summed E-state index contributed by atoms with van der Waals surface area (Å²) in [6.45, 7) is 7.77. The van der Waals surface area contributed by atoms with Crippen LogP contribution in [-0.4, -0.2) is 18.3 Å². The van der Waals surface area contributed by atoms with E-state index in [0.717, 1.165) is 24.5 Å². The number of fused-ring (bicyclic) bond motifs is 1. The van der Waals surface area contributed by atoms with Gasteiger partial charge in [-0.3, -0.25) is 0 Å². The van der Waals surface area contributed by atoms with Crippen LogP contribution in [0.2, 0.25) is 0 Å². The summed E-state index contributed by atoms with van der Waals surface area (Å²) < 4.78 is 10.8. The van der Waals surface area contributed by atoms with Gasteiger partial charge in [-0.25, -0.2) is 4.98 Å². The van der Waals surface area contributed by atoms with Gasteiger partial charge in [0.25, 0.3) is 0 Å². The highest BCUT2D eigenvalue weighted by Crippen LogP contribution is 2.34. The zero-order valence-electron chi connectivity index (χ0n) is 13.3. The highest BCUT2D eigenvalue weighted by molar-refractivity contribution is 7.09. The molecule has 0 amide bonds. The van der Waals surface area contributed by atoms with E-state index in [1.54, 1.807) is 11.3 Å². The maximum Gasteiger partial charge on any atom is 0.231 e. The Labute approximate surface area is 135 Å². The second kappa shape index (κ2) is 6.67. The van der Waals surface area contributed by atoms with Gasteiger partial charge < -0.3 is 14.8 Å². The van der Waals surface area contributed by atoms with Crippen LogP contribution in [0.3, 0.4) is 0 Å². The minimum absolute atomic E-state index is 0.276. The molecule has 4 nitrogen and oxygen atoms in total. The molecule has 1 aliphatic heterocycles. The van der Waals surface area contributed by atoms with Gasteiger partial charge in [-0.1, -0.05) is 19.9 Å². The Balaban J connectivity index is 1.52. The number of hydrogen-bond donors (Lipinski definition) is 1. The summed E-state index contributed by atoms with van der Waals surface area (Å²) in [6, 6.07) is 6.40. The lowest BCUT2D eigenvalue weighted by molar-refractivity contribution is 0.174. The van der Waals surface area contributed by atoms with Gasteiger partial charge in [-0.05, 0) is 24.6 Å². The smallest absolute Gasteiger partial charge is 0.231 e. The van der Waals surface area contributed by atoms with E-state index in [1.165, 1.54) is 16.3 Å². The summed E-state index contributed by atoms with van der Waals surface area (Å²) in [5, 5.41) is 6.94. The molecule has 0 saturated carbocycles. The fraction of sp³-hybridized carbons (Fsp3) is 0.471. The molecule has 0 saturated heterocycles. The average molecular weight is 318 g/mol. The molecule has 0 bridgehead atoms. The Kier molecular flexibility index (Phi) is 4.64. The molecule has 2 aromatic rings. The number of rotatable bonds is 6. The highest BCUT2D eigenvalue weighted by Gasteiger charge is 2.15. The predicted octanol–water partition coefficient (Wildman–Crippen LogP) is 3.89. The molecular formula is C17H22N2O2S. The van der Waals surface area contributed by atoms with E-state index in [0.29, 0.717) is 12.7 Å². The van der Waals surface area contributed by atoms with E-state index >= 15 is 0 Å². The molecule has 0 radical (unpaired) electrons. The molecule has 2 heterocycles. The van der Waals surface area contributed by atoms with Gasteiger partial charge in [0.05, 0.1) is 10.7 Å². The van der Waals surface area contributed by atoms with Crippen molar-refractivity contribution in [1.29, 1.82) is 0 Å². The van der Waals surface area contributed by atoms with Gasteiger partial charge in [0, 0.05) is 30.3 Å². The van der Waals surface area contributed by atoms with Crippen molar-refractivity contribution in [1.82, 2.24) is 10.3 Å². The minimum atomic E-state index is 0.276. The SMILES string of the molecule is CC(C)c1nc(CCNC(C)c2ccc3c(c2)OCO3)cs1. The first kappa shape index (κ1) is 15.3. The first-order chi connectivity index (χ1) is 10.6. The van der Waals surface area contributed by atoms with Gasteiger partial charge in [-0.15, -0.1) is 11.3 Å². The molecule has 0 spiro atoms. The standard InChI is InChI=1S/C17H22N2O2S/c1-11(2)17-19-14(9-22-17)6-7-18-12(3)13-4-5-15-16(8-13)21-10-20-15/h4-5,8-9,11-12,18H,6-7,10H2,1-3H3. The molecule has 5 heteroatoms. The van der Waals surface area contributed by atoms with E-state index in [4.69, 9.17) is 9.47 Å². The molecule has 1 aliphatic rings. The molecule has 1 aromatic carbocycles. The van der Waals surface area contributed by atoms with Gasteiger partial charge in [0.15, 0.2) is 11.5 Å². The number of aromatic nitrogens is 1. The zero-order chi connectivity index (χ0) is 15.5. The number of hydrogen-bond acceptors (Lipinski definition) is 5. The highest BCUT2D eigenvalue weighted by atomic mass is 32.1. The molecule has 22 heavy (non-hydrogen) atoms. The largest absolute Gasteiger partial charge is 0.454 e. The minimum Gasteiger partial charge on any atom is -0.454 e. The third-order valence-corrected chi connectivity index (χ3v) is 4.99. The van der Waals surface area contributed by atoms with Crippen LogP contribution in [0.25, 0.3) is 0 Å². The van der Waals surface area contributed by atoms with E-state index in [1.807, 2.05) is 6.07 Å². The van der Waals surface area contributed by atoms with E-state index in [2.05, 4.69) is 48.6 Å². The Morgan fingerprint density at radius 3 is 2.82 bits per heavy atom. The Morgan fingerprint density at radius 1 is 1.23 bits per heavy atom. The molecule has 1 aromatic heterocycles. The summed E-state index contributed by atoms with van der Waals surface area (Å²) in [5.74, 6) is 2.19. The maximum absolute atomic E-state index is 5.43. The van der Waals surface area contributed by atoms with Crippen LogP contribution in [0.5, 0.6) is 11.5 Å². The summed E-state index contributed by atoms with van der Waals surface area (Å²) in [4.78, 5) is 4.67. The van der Waals surface area contributed by atoms with Crippen LogP contribution in [0.15, 0.2) is 23.6 Å². The number of nitrogens with one attached hydrogen (secondary N) is 1. The molecule has 118 valence electrons. The molecule has 0 aliphatic carbocycles. The number of benzene rings is 1. The van der Waals surface area contributed by atoms with Crippen molar-refractivity contribution in [3.63, 3.8) is 0 Å². The second-order valence-corrected chi connectivity index (χ2v) is 6.76. The van der Waals surface area contributed by atoms with Crippen LogP contribution >= 0.6 is 11.3 Å². The second-order valence-electron chi connectivity index (χ2n) is 5.87. The topological polar surface area (TPSA) is 43.4 Å². The molecule has 1 unspecified atom stereocenters. The number of ether oxygens (including phenoxy) is 2.